The number of nitrogens with one attached hydrogen (secondary N) is 1. The molecule has 0 bridgehead atoms. The van der Waals surface area contributed by atoms with E-state index in [0.29, 0.717) is 0 Å². The molecule has 0 aromatic heterocycles. The normalized spacial score (nSPS) is 16.0. The molecule has 0 atom stereocenters. The van der Waals surface area contributed by atoms with E-state index in [9.17, 15) is 4.79 Å². The summed E-state index contributed by atoms with van der Waals surface area (Å²) < 4.78 is 0. The Morgan fingerprint density at radius 2 is 1.42 bits per heavy atom. The van der Waals surface area contributed by atoms with Crippen LogP contribution in [0.2, 0.25) is 0 Å². The van der Waals surface area contributed by atoms with Gasteiger partial charge in [0.1, 0.15) is 0 Å². The van der Waals surface area contributed by atoms with E-state index in [-0.39, 0.29) is 0 Å². The average Bonchev–Trinajstić information content (AvgIpc) is 2.69. The standard InChI is InChI=1S/C21H25N3O2/c25-21(22-26)11-10-18-6-8-20(9-7-18)17-24-14-12-23(13-15-24)16-19-4-2-1-3-5-19/h1-11,26H,12-17H2,(H,22,25). The summed E-state index contributed by atoms with van der Waals surface area (Å²) in [6.45, 7) is 6.30. The van der Waals surface area contributed by atoms with Gasteiger partial charge in [0.25, 0.3) is 5.91 Å². The highest BCUT2D eigenvalue weighted by molar-refractivity contribution is 5.90. The van der Waals surface area contributed by atoms with Crippen molar-refractivity contribution in [2.45, 2.75) is 13.1 Å². The smallest absolute Gasteiger partial charge is 0.267 e. The molecule has 1 heterocycles. The quantitative estimate of drug-likeness (QED) is 0.477. The number of piperazine rings is 1. The average molecular weight is 351 g/mol. The molecule has 0 spiro atoms. The van der Waals surface area contributed by atoms with Crippen LogP contribution in [0.1, 0.15) is 16.7 Å². The maximum absolute atomic E-state index is 11.0. The second kappa shape index (κ2) is 9.29. The first-order valence-corrected chi connectivity index (χ1v) is 8.92. The molecule has 1 amide bonds. The Balaban J connectivity index is 1.45. The van der Waals surface area contributed by atoms with E-state index >= 15 is 0 Å². The molecule has 2 N–H and O–H groups in total. The van der Waals surface area contributed by atoms with E-state index in [1.807, 2.05) is 12.1 Å². The molecule has 26 heavy (non-hydrogen) atoms. The lowest BCUT2D eigenvalue weighted by Crippen LogP contribution is -2.45. The van der Waals surface area contributed by atoms with E-state index in [2.05, 4.69) is 52.3 Å². The van der Waals surface area contributed by atoms with Gasteiger partial charge in [-0.3, -0.25) is 19.8 Å². The van der Waals surface area contributed by atoms with Gasteiger partial charge in [-0.15, -0.1) is 0 Å². The van der Waals surface area contributed by atoms with Gasteiger partial charge in [-0.1, -0.05) is 54.6 Å². The molecule has 2 aromatic rings. The topological polar surface area (TPSA) is 55.8 Å². The summed E-state index contributed by atoms with van der Waals surface area (Å²) in [4.78, 5) is 16.0. The highest BCUT2D eigenvalue weighted by atomic mass is 16.5. The summed E-state index contributed by atoms with van der Waals surface area (Å²) in [5.41, 5.74) is 5.16. The van der Waals surface area contributed by atoms with Crippen LogP contribution in [-0.4, -0.2) is 47.1 Å². The molecule has 0 aliphatic carbocycles. The second-order valence-electron chi connectivity index (χ2n) is 6.59. The fourth-order valence-electron chi connectivity index (χ4n) is 3.15. The van der Waals surface area contributed by atoms with E-state index < -0.39 is 5.91 Å². The van der Waals surface area contributed by atoms with Gasteiger partial charge in [-0.25, -0.2) is 5.48 Å². The number of benzene rings is 2. The molecule has 0 saturated carbocycles. The summed E-state index contributed by atoms with van der Waals surface area (Å²) in [6, 6.07) is 18.8. The molecule has 2 aromatic carbocycles. The zero-order chi connectivity index (χ0) is 18.2. The van der Waals surface area contributed by atoms with Crippen LogP contribution in [0.4, 0.5) is 0 Å². The van der Waals surface area contributed by atoms with Gasteiger partial charge in [-0.2, -0.15) is 0 Å². The highest BCUT2D eigenvalue weighted by Crippen LogP contribution is 2.13. The summed E-state index contributed by atoms with van der Waals surface area (Å²) in [6.07, 6.45) is 2.98. The number of carbonyl (C=O) groups is 1. The Hall–Kier alpha value is -2.47. The summed E-state index contributed by atoms with van der Waals surface area (Å²) in [7, 11) is 0. The Bertz CT molecular complexity index is 721. The lowest BCUT2D eigenvalue weighted by atomic mass is 10.1. The van der Waals surface area contributed by atoms with Crippen LogP contribution in [-0.2, 0) is 17.9 Å². The molecule has 5 heteroatoms. The molecule has 5 nitrogen and oxygen atoms in total. The van der Waals surface area contributed by atoms with Crippen LogP contribution in [0.25, 0.3) is 6.08 Å². The van der Waals surface area contributed by atoms with Gasteiger partial charge in [0.2, 0.25) is 0 Å². The van der Waals surface area contributed by atoms with Crippen molar-refractivity contribution in [3.05, 3.63) is 77.4 Å². The maximum atomic E-state index is 11.0. The zero-order valence-corrected chi connectivity index (χ0v) is 14.8. The number of carbonyl (C=O) groups excluding carboxylic acids is 1. The number of nitrogens with zero attached hydrogens (tertiary/aromatic N) is 2. The molecule has 0 radical (unpaired) electrons. The van der Waals surface area contributed by atoms with Crippen LogP contribution < -0.4 is 5.48 Å². The first-order valence-electron chi connectivity index (χ1n) is 8.92. The minimum atomic E-state index is -0.526. The van der Waals surface area contributed by atoms with Crippen molar-refractivity contribution in [3.8, 4) is 0 Å². The second-order valence-corrected chi connectivity index (χ2v) is 6.59. The van der Waals surface area contributed by atoms with Gasteiger partial charge in [0.15, 0.2) is 0 Å². The predicted octanol–water partition coefficient (Wildman–Crippen LogP) is 2.52. The largest absolute Gasteiger partial charge is 0.297 e. The van der Waals surface area contributed by atoms with Gasteiger partial charge in [0.05, 0.1) is 0 Å². The Morgan fingerprint density at radius 1 is 0.885 bits per heavy atom. The van der Waals surface area contributed by atoms with E-state index in [0.717, 1.165) is 44.8 Å². The molecular weight excluding hydrogens is 326 g/mol. The number of hydrogen-bond acceptors (Lipinski definition) is 4. The Labute approximate surface area is 154 Å². The van der Waals surface area contributed by atoms with Crippen molar-refractivity contribution in [2.75, 3.05) is 26.2 Å². The number of rotatable bonds is 6. The molecule has 1 aliphatic heterocycles. The summed E-state index contributed by atoms with van der Waals surface area (Å²) >= 11 is 0. The van der Waals surface area contributed by atoms with E-state index in [1.165, 1.54) is 17.2 Å². The van der Waals surface area contributed by atoms with E-state index in [1.54, 1.807) is 11.6 Å². The van der Waals surface area contributed by atoms with Crippen molar-refractivity contribution >= 4 is 12.0 Å². The lowest BCUT2D eigenvalue weighted by molar-refractivity contribution is -0.124. The minimum Gasteiger partial charge on any atom is -0.297 e. The monoisotopic (exact) mass is 351 g/mol. The van der Waals surface area contributed by atoms with Crippen molar-refractivity contribution in [1.29, 1.82) is 0 Å². The van der Waals surface area contributed by atoms with Crippen molar-refractivity contribution in [1.82, 2.24) is 15.3 Å². The SMILES string of the molecule is O=C(C=Cc1ccc(CN2CCN(Cc3ccccc3)CC2)cc1)NO. The van der Waals surface area contributed by atoms with Crippen LogP contribution in [0.15, 0.2) is 60.7 Å². The fraction of sp³-hybridized carbons (Fsp3) is 0.286. The van der Waals surface area contributed by atoms with Gasteiger partial charge in [-0.05, 0) is 22.8 Å². The van der Waals surface area contributed by atoms with Crippen LogP contribution in [0.5, 0.6) is 0 Å². The molecule has 1 saturated heterocycles. The molecule has 136 valence electrons. The number of amides is 1. The van der Waals surface area contributed by atoms with Crippen molar-refractivity contribution < 1.29 is 10.0 Å². The minimum absolute atomic E-state index is 0.526. The Morgan fingerprint density at radius 3 is 1.96 bits per heavy atom. The lowest BCUT2D eigenvalue weighted by Gasteiger charge is -2.34. The molecule has 1 fully saturated rings. The molecule has 1 aliphatic rings. The van der Waals surface area contributed by atoms with Gasteiger partial charge >= 0.3 is 0 Å². The van der Waals surface area contributed by atoms with Crippen molar-refractivity contribution in [3.63, 3.8) is 0 Å². The third-order valence-corrected chi connectivity index (χ3v) is 4.64. The Kier molecular flexibility index (Phi) is 6.55. The number of hydrogen-bond donors (Lipinski definition) is 2. The highest BCUT2D eigenvalue weighted by Gasteiger charge is 2.16. The van der Waals surface area contributed by atoms with E-state index in [4.69, 9.17) is 5.21 Å². The fourth-order valence-corrected chi connectivity index (χ4v) is 3.15. The van der Waals surface area contributed by atoms with Crippen LogP contribution >= 0.6 is 0 Å². The van der Waals surface area contributed by atoms with Crippen molar-refractivity contribution in [2.24, 2.45) is 0 Å². The number of hydroxylamine groups is 1. The van der Waals surface area contributed by atoms with Crippen LogP contribution in [0.3, 0.4) is 0 Å². The van der Waals surface area contributed by atoms with Gasteiger partial charge < -0.3 is 0 Å². The van der Waals surface area contributed by atoms with Crippen LogP contribution in [0, 0.1) is 0 Å². The third-order valence-electron chi connectivity index (χ3n) is 4.64. The first kappa shape index (κ1) is 18.3. The molecule has 3 rings (SSSR count). The zero-order valence-electron chi connectivity index (χ0n) is 14.8. The first-order chi connectivity index (χ1) is 12.7. The molecule has 0 unspecified atom stereocenters. The summed E-state index contributed by atoms with van der Waals surface area (Å²) in [5.74, 6) is -0.526. The summed E-state index contributed by atoms with van der Waals surface area (Å²) in [5, 5.41) is 8.48. The molecular formula is C21H25N3O2. The third kappa shape index (κ3) is 5.52. The predicted molar refractivity (Wildman–Crippen MR) is 102 cm³/mol. The van der Waals surface area contributed by atoms with Gasteiger partial charge in [0, 0.05) is 45.3 Å². The maximum Gasteiger partial charge on any atom is 0.267 e.